The Bertz CT molecular complexity index is 1350. The summed E-state index contributed by atoms with van der Waals surface area (Å²) in [5.74, 6) is 0.167. The van der Waals surface area contributed by atoms with E-state index in [0.29, 0.717) is 36.5 Å². The highest BCUT2D eigenvalue weighted by atomic mass is 32.2. The zero-order valence-corrected chi connectivity index (χ0v) is 21.0. The fourth-order valence-electron chi connectivity index (χ4n) is 4.14. The maximum Gasteiger partial charge on any atom is 0.251 e. The van der Waals surface area contributed by atoms with Gasteiger partial charge < -0.3 is 9.30 Å². The van der Waals surface area contributed by atoms with E-state index < -0.39 is 10.0 Å². The molecule has 7 nitrogen and oxygen atoms in total. The van der Waals surface area contributed by atoms with Gasteiger partial charge in [0.1, 0.15) is 5.75 Å². The number of piperidine rings is 1. The number of nitrogens with zero attached hydrogens (tertiary/aromatic N) is 3. The monoisotopic (exact) mass is 487 g/mol. The van der Waals surface area contributed by atoms with Crippen molar-refractivity contribution in [3.05, 3.63) is 52.3 Å². The van der Waals surface area contributed by atoms with Crippen molar-refractivity contribution in [1.29, 1.82) is 0 Å². The first-order valence-electron chi connectivity index (χ1n) is 11.1. The molecular weight excluding hydrogens is 458 g/mol. The quantitative estimate of drug-likeness (QED) is 0.547. The molecule has 0 N–H and O–H groups in total. The van der Waals surface area contributed by atoms with Crippen molar-refractivity contribution in [2.75, 3.05) is 20.2 Å². The van der Waals surface area contributed by atoms with Crippen LogP contribution in [0.4, 0.5) is 0 Å². The highest BCUT2D eigenvalue weighted by Crippen LogP contribution is 2.26. The molecule has 0 saturated carbocycles. The molecule has 3 aromatic rings. The normalized spacial score (nSPS) is 16.4. The summed E-state index contributed by atoms with van der Waals surface area (Å²) in [4.78, 5) is 18.4. The molecule has 0 aliphatic carbocycles. The van der Waals surface area contributed by atoms with Crippen molar-refractivity contribution in [2.24, 2.45) is 10.9 Å². The summed E-state index contributed by atoms with van der Waals surface area (Å²) >= 11 is 1.53. The van der Waals surface area contributed by atoms with Crippen molar-refractivity contribution in [1.82, 2.24) is 8.87 Å². The lowest BCUT2D eigenvalue weighted by atomic mass is 9.98. The Hall–Kier alpha value is -2.49. The second-order valence-electron chi connectivity index (χ2n) is 8.34. The number of benzene rings is 2. The molecule has 2 aromatic carbocycles. The second-order valence-corrected chi connectivity index (χ2v) is 11.3. The molecule has 1 aliphatic rings. The number of hydrogen-bond donors (Lipinski definition) is 0. The summed E-state index contributed by atoms with van der Waals surface area (Å²) in [6, 6.07) is 10.7. The number of aromatic nitrogens is 1. The summed E-state index contributed by atoms with van der Waals surface area (Å²) in [6.45, 7) is 7.56. The number of thiazole rings is 1. The number of methoxy groups -OCH3 is 1. The molecule has 1 saturated heterocycles. The van der Waals surface area contributed by atoms with Crippen LogP contribution in [-0.4, -0.2) is 43.4 Å². The lowest BCUT2D eigenvalue weighted by Gasteiger charge is -2.29. The summed E-state index contributed by atoms with van der Waals surface area (Å²) in [5, 5.41) is 0. The second kappa shape index (κ2) is 9.40. The van der Waals surface area contributed by atoms with Gasteiger partial charge in [0.15, 0.2) is 4.80 Å². The summed E-state index contributed by atoms with van der Waals surface area (Å²) in [6.07, 6.45) is 0.930. The molecule has 1 amide bonds. The Morgan fingerprint density at radius 1 is 1.12 bits per heavy atom. The minimum Gasteiger partial charge on any atom is -0.497 e. The van der Waals surface area contributed by atoms with Crippen LogP contribution in [-0.2, 0) is 21.4 Å². The van der Waals surface area contributed by atoms with Crippen molar-refractivity contribution in [3.8, 4) is 5.75 Å². The van der Waals surface area contributed by atoms with E-state index in [0.717, 1.165) is 16.8 Å². The summed E-state index contributed by atoms with van der Waals surface area (Å²) in [7, 11) is -2.06. The number of rotatable bonds is 5. The molecule has 1 aliphatic heterocycles. The van der Waals surface area contributed by atoms with Crippen molar-refractivity contribution in [3.63, 3.8) is 0 Å². The number of sulfonamides is 1. The number of carbonyl (C=O) groups is 1. The molecule has 4 rings (SSSR count). The van der Waals surface area contributed by atoms with Crippen molar-refractivity contribution < 1.29 is 17.9 Å². The number of fused-ring (bicyclic) bond motifs is 1. The van der Waals surface area contributed by atoms with Gasteiger partial charge >= 0.3 is 0 Å². The van der Waals surface area contributed by atoms with Gasteiger partial charge in [-0.3, -0.25) is 4.79 Å². The molecule has 9 heteroatoms. The lowest BCUT2D eigenvalue weighted by molar-refractivity contribution is -0.122. The van der Waals surface area contributed by atoms with Crippen LogP contribution >= 0.6 is 11.3 Å². The minimum atomic E-state index is -3.60. The maximum atomic E-state index is 13.0. The Morgan fingerprint density at radius 2 is 1.76 bits per heavy atom. The molecule has 1 aromatic heterocycles. The molecule has 0 atom stereocenters. The van der Waals surface area contributed by atoms with Crippen LogP contribution in [0.5, 0.6) is 5.75 Å². The summed E-state index contributed by atoms with van der Waals surface area (Å²) < 4.78 is 35.7. The van der Waals surface area contributed by atoms with Gasteiger partial charge in [-0.25, -0.2) is 8.42 Å². The van der Waals surface area contributed by atoms with Gasteiger partial charge in [0.2, 0.25) is 10.0 Å². The molecule has 0 unspecified atom stereocenters. The fourth-order valence-corrected chi connectivity index (χ4v) is 6.79. The van der Waals surface area contributed by atoms with E-state index in [1.807, 2.05) is 6.92 Å². The predicted octanol–water partition coefficient (Wildman–Crippen LogP) is 3.88. The van der Waals surface area contributed by atoms with Gasteiger partial charge in [-0.2, -0.15) is 9.30 Å². The van der Waals surface area contributed by atoms with Gasteiger partial charge in [0.05, 0.1) is 22.2 Å². The topological polar surface area (TPSA) is 81.0 Å². The Labute approximate surface area is 198 Å². The zero-order chi connectivity index (χ0) is 23.8. The molecule has 33 heavy (non-hydrogen) atoms. The fraction of sp³-hybridized carbons (Fsp3) is 0.417. The highest BCUT2D eigenvalue weighted by Gasteiger charge is 2.32. The molecule has 0 spiro atoms. The van der Waals surface area contributed by atoms with Crippen LogP contribution < -0.4 is 9.54 Å². The summed E-state index contributed by atoms with van der Waals surface area (Å²) in [5.41, 5.74) is 3.53. The predicted molar refractivity (Wildman–Crippen MR) is 130 cm³/mol. The van der Waals surface area contributed by atoms with Crippen LogP contribution in [0.2, 0.25) is 0 Å². The molecule has 1 fully saturated rings. The van der Waals surface area contributed by atoms with E-state index >= 15 is 0 Å². The van der Waals surface area contributed by atoms with E-state index in [9.17, 15) is 13.2 Å². The average molecular weight is 488 g/mol. The average Bonchev–Trinajstić information content (AvgIpc) is 3.14. The number of ether oxygens (including phenoxy) is 1. The van der Waals surface area contributed by atoms with Gasteiger partial charge in [-0.1, -0.05) is 11.3 Å². The number of carbonyl (C=O) groups excluding carboxylic acids is 1. The zero-order valence-electron chi connectivity index (χ0n) is 19.4. The van der Waals surface area contributed by atoms with Crippen molar-refractivity contribution >= 4 is 37.5 Å². The molecule has 0 bridgehead atoms. The van der Waals surface area contributed by atoms with E-state index in [1.165, 1.54) is 26.8 Å². The molecule has 0 radical (unpaired) electrons. The van der Waals surface area contributed by atoms with E-state index in [4.69, 9.17) is 4.74 Å². The third-order valence-electron chi connectivity index (χ3n) is 6.32. The Balaban J connectivity index is 1.51. The van der Waals surface area contributed by atoms with E-state index in [2.05, 4.69) is 35.5 Å². The van der Waals surface area contributed by atoms with Gasteiger partial charge in [0.25, 0.3) is 5.91 Å². The van der Waals surface area contributed by atoms with Crippen molar-refractivity contribution in [2.45, 2.75) is 45.1 Å². The Morgan fingerprint density at radius 3 is 2.36 bits per heavy atom. The van der Waals surface area contributed by atoms with Gasteiger partial charge in [-0.05, 0) is 81.1 Å². The van der Waals surface area contributed by atoms with Crippen LogP contribution in [0.1, 0.15) is 30.9 Å². The van der Waals surface area contributed by atoms with Crippen LogP contribution in [0.25, 0.3) is 10.2 Å². The van der Waals surface area contributed by atoms with Crippen LogP contribution in [0.15, 0.2) is 46.3 Å². The molecule has 2 heterocycles. The third-order valence-corrected chi connectivity index (χ3v) is 9.27. The number of hydrogen-bond acceptors (Lipinski definition) is 5. The SMILES string of the molecule is CCn1c(=NC(=O)C2CCN(S(=O)(=O)c3ccc(OC)cc3)CC2)sc2cc(C)c(C)cc21. The smallest absolute Gasteiger partial charge is 0.251 e. The molecular formula is C24H29N3O4S2. The van der Waals surface area contributed by atoms with E-state index in [1.54, 1.807) is 31.4 Å². The first-order valence-corrected chi connectivity index (χ1v) is 13.3. The van der Waals surface area contributed by atoms with Crippen LogP contribution in [0.3, 0.4) is 0 Å². The first-order chi connectivity index (χ1) is 15.7. The maximum absolute atomic E-state index is 13.0. The van der Waals surface area contributed by atoms with Gasteiger partial charge in [-0.15, -0.1) is 0 Å². The molecule has 176 valence electrons. The first kappa shape index (κ1) is 23.7. The van der Waals surface area contributed by atoms with Crippen LogP contribution in [0, 0.1) is 19.8 Å². The Kier molecular flexibility index (Phi) is 6.74. The number of aryl methyl sites for hydroxylation is 3. The lowest BCUT2D eigenvalue weighted by Crippen LogP contribution is -2.40. The standard InChI is InChI=1S/C24H29N3O4S2/c1-5-27-21-14-16(2)17(3)15-22(21)32-24(27)25-23(28)18-10-12-26(13-11-18)33(29,30)20-8-6-19(31-4)7-9-20/h6-9,14-15,18H,5,10-13H2,1-4H3. The number of amides is 1. The largest absolute Gasteiger partial charge is 0.497 e. The van der Waals surface area contributed by atoms with E-state index in [-0.39, 0.29) is 16.7 Å². The third kappa shape index (κ3) is 4.62. The highest BCUT2D eigenvalue weighted by molar-refractivity contribution is 7.89. The minimum absolute atomic E-state index is 0.168. The van der Waals surface area contributed by atoms with Gasteiger partial charge in [0, 0.05) is 25.6 Å².